The molecule has 0 spiro atoms. The first-order chi connectivity index (χ1) is 21.6. The summed E-state index contributed by atoms with van der Waals surface area (Å²) < 4.78 is 34.0. The van der Waals surface area contributed by atoms with E-state index < -0.39 is 29.3 Å². The van der Waals surface area contributed by atoms with E-state index in [-0.39, 0.29) is 48.7 Å². The number of nitrogens with two attached hydrogens (primary N) is 1. The second kappa shape index (κ2) is 17.2. The van der Waals surface area contributed by atoms with E-state index in [1.807, 2.05) is 0 Å². The lowest BCUT2D eigenvalue weighted by Gasteiger charge is -2.18. The number of nitrogens with zero attached hydrogens (tertiary/aromatic N) is 6. The molecule has 4 rings (SSSR count). The Labute approximate surface area is 262 Å². The number of aliphatic imine (C=N–C) groups is 1. The highest BCUT2D eigenvalue weighted by Crippen LogP contribution is 2.24. The zero-order valence-electron chi connectivity index (χ0n) is 25.2. The molecule has 45 heavy (non-hydrogen) atoms. The summed E-state index contributed by atoms with van der Waals surface area (Å²) in [6.45, 7) is 1.79. The lowest BCUT2D eigenvalue weighted by atomic mass is 9.96. The largest absolute Gasteiger partial charge is 0.468 e. The number of carbonyl (C=O) groups excluding carboxylic acids is 3. The number of aromatic nitrogens is 4. The van der Waals surface area contributed by atoms with Gasteiger partial charge in [0.05, 0.1) is 43.8 Å². The number of amides is 1. The molecule has 0 unspecified atom stereocenters. The Bertz CT molecular complexity index is 1530. The van der Waals surface area contributed by atoms with Crippen LogP contribution in [0.4, 0.5) is 8.78 Å². The highest BCUT2D eigenvalue weighted by Gasteiger charge is 2.20. The minimum Gasteiger partial charge on any atom is -0.468 e. The van der Waals surface area contributed by atoms with Crippen molar-refractivity contribution in [1.29, 1.82) is 0 Å². The van der Waals surface area contributed by atoms with Crippen molar-refractivity contribution < 1.29 is 33.0 Å². The van der Waals surface area contributed by atoms with Gasteiger partial charge in [-0.05, 0) is 38.9 Å². The van der Waals surface area contributed by atoms with Gasteiger partial charge in [0, 0.05) is 30.0 Å². The van der Waals surface area contributed by atoms with Gasteiger partial charge in [-0.15, -0.1) is 11.3 Å². The number of methoxy groups -OCH3 is 1. The number of aliphatic hydroxyl groups is 1. The fourth-order valence-corrected chi connectivity index (χ4v) is 5.00. The maximum atomic E-state index is 14.5. The van der Waals surface area contributed by atoms with Gasteiger partial charge in [-0.2, -0.15) is 9.49 Å². The van der Waals surface area contributed by atoms with Crippen LogP contribution < -0.4 is 11.1 Å². The average Bonchev–Trinajstić information content (AvgIpc) is 3.72. The molecule has 0 saturated heterocycles. The van der Waals surface area contributed by atoms with E-state index in [0.717, 1.165) is 60.3 Å². The molecule has 1 saturated carbocycles. The van der Waals surface area contributed by atoms with Crippen molar-refractivity contribution in [1.82, 2.24) is 30.0 Å². The van der Waals surface area contributed by atoms with Crippen molar-refractivity contribution >= 4 is 41.0 Å². The first kappa shape index (κ1) is 35.1. The van der Waals surface area contributed by atoms with Crippen molar-refractivity contribution in [2.45, 2.75) is 45.1 Å². The maximum Gasteiger partial charge on any atom is 0.319 e. The molecule has 1 aliphatic rings. The van der Waals surface area contributed by atoms with Crippen molar-refractivity contribution in [2.24, 2.45) is 10.7 Å². The zero-order valence-corrected chi connectivity index (χ0v) is 26.0. The number of rotatable bonds is 10. The molecule has 4 N–H and O–H groups in total. The van der Waals surface area contributed by atoms with Gasteiger partial charge in [0.15, 0.2) is 5.82 Å². The monoisotopic (exact) mass is 646 g/mol. The molecule has 0 radical (unpaired) electrons. The number of hydrogen-bond acceptors (Lipinski definition) is 12. The number of aliphatic hydroxyl groups excluding tert-OH is 1. The van der Waals surface area contributed by atoms with E-state index in [1.165, 1.54) is 36.0 Å². The fraction of sp³-hybridized carbons (Fsp3) is 0.414. The van der Waals surface area contributed by atoms with Crippen LogP contribution in [0.25, 0.3) is 16.3 Å². The SMILES string of the molecule is CCO.COC(=O)CN(C)CC(=O)n1cc(-c2nc(C(=O)N/C(C=NC3CCCCC3)=C(/N)c3nc(F)ccc3F)cs2)cn1. The first-order valence-electron chi connectivity index (χ1n) is 14.1. The van der Waals surface area contributed by atoms with Crippen molar-refractivity contribution in [3.8, 4) is 10.6 Å². The molecule has 1 amide bonds. The molecule has 3 heterocycles. The number of hydrogen-bond donors (Lipinski definition) is 3. The Hall–Kier alpha value is -4.41. The number of allylic oxidation sites excluding steroid dienone is 1. The van der Waals surface area contributed by atoms with Gasteiger partial charge >= 0.3 is 5.97 Å². The van der Waals surface area contributed by atoms with E-state index in [4.69, 9.17) is 10.8 Å². The number of pyridine rings is 1. The third kappa shape index (κ3) is 10.3. The van der Waals surface area contributed by atoms with Crippen LogP contribution in [0.3, 0.4) is 0 Å². The van der Waals surface area contributed by atoms with E-state index in [9.17, 15) is 23.2 Å². The molecular formula is C29H36F2N8O5S. The van der Waals surface area contributed by atoms with Crippen LogP contribution in [-0.4, -0.2) is 93.6 Å². The van der Waals surface area contributed by atoms with E-state index in [0.29, 0.717) is 10.6 Å². The molecule has 16 heteroatoms. The topological polar surface area (TPSA) is 178 Å². The van der Waals surface area contributed by atoms with Crippen LogP contribution in [-0.2, 0) is 9.53 Å². The number of ether oxygens (including phenoxy) is 1. The molecular weight excluding hydrogens is 610 g/mol. The second-order valence-corrected chi connectivity index (χ2v) is 10.8. The van der Waals surface area contributed by atoms with Gasteiger partial charge in [0.1, 0.15) is 16.4 Å². The fourth-order valence-electron chi connectivity index (χ4n) is 4.22. The lowest BCUT2D eigenvalue weighted by Crippen LogP contribution is -2.34. The normalized spacial score (nSPS) is 14.1. The van der Waals surface area contributed by atoms with Crippen molar-refractivity contribution in [2.75, 3.05) is 33.9 Å². The van der Waals surface area contributed by atoms with Crippen molar-refractivity contribution in [3.63, 3.8) is 0 Å². The van der Waals surface area contributed by atoms with Gasteiger partial charge in [0.25, 0.3) is 11.8 Å². The van der Waals surface area contributed by atoms with Gasteiger partial charge in [-0.25, -0.2) is 19.0 Å². The van der Waals surface area contributed by atoms with Gasteiger partial charge in [-0.1, -0.05) is 19.3 Å². The summed E-state index contributed by atoms with van der Waals surface area (Å²) in [5.74, 6) is -3.30. The molecule has 0 bridgehead atoms. The van der Waals surface area contributed by atoms with E-state index >= 15 is 0 Å². The Kier molecular flexibility index (Phi) is 13.4. The molecule has 0 aromatic carbocycles. The summed E-state index contributed by atoms with van der Waals surface area (Å²) in [5.41, 5.74) is 5.90. The third-order valence-electron chi connectivity index (χ3n) is 6.45. The summed E-state index contributed by atoms with van der Waals surface area (Å²) in [6, 6.07) is 1.79. The standard InChI is InChI=1S/C27H30F2N8O4S.C2H6O/c1-36(14-23(39)41-2)13-22(38)37-12-16(10-32-37)27-34-20(15-42-27)26(40)33-19(11-31-17-6-4-3-5-7-17)24(30)25-18(28)8-9-21(29)35-25;1-2-3/h8-12,15,17H,3-7,13-14,30H2,1-2H3,(H,33,40);3H,2H2,1H3/b24-19+,31-11?;. The number of esters is 1. The predicted molar refractivity (Wildman–Crippen MR) is 164 cm³/mol. The van der Waals surface area contributed by atoms with Gasteiger partial charge in [0.2, 0.25) is 5.95 Å². The predicted octanol–water partition coefficient (Wildman–Crippen LogP) is 2.88. The van der Waals surface area contributed by atoms with Crippen LogP contribution in [0.1, 0.15) is 60.0 Å². The molecule has 3 aromatic heterocycles. The minimum absolute atomic E-state index is 0.0224. The number of carbonyl (C=O) groups is 3. The molecule has 13 nitrogen and oxygen atoms in total. The molecule has 1 aliphatic carbocycles. The highest BCUT2D eigenvalue weighted by molar-refractivity contribution is 7.13. The number of nitrogens with one attached hydrogen (secondary N) is 1. The Morgan fingerprint density at radius 2 is 1.93 bits per heavy atom. The summed E-state index contributed by atoms with van der Waals surface area (Å²) in [5, 5.41) is 16.2. The molecule has 0 aliphatic heterocycles. The van der Waals surface area contributed by atoms with Crippen LogP contribution in [0.2, 0.25) is 0 Å². The lowest BCUT2D eigenvalue weighted by molar-refractivity contribution is -0.141. The van der Waals surface area contributed by atoms with Gasteiger partial charge in [-0.3, -0.25) is 24.3 Å². The quantitative estimate of drug-likeness (QED) is 0.169. The Morgan fingerprint density at radius 1 is 1.22 bits per heavy atom. The summed E-state index contributed by atoms with van der Waals surface area (Å²) in [6.07, 6.45) is 9.17. The maximum absolute atomic E-state index is 14.5. The van der Waals surface area contributed by atoms with Gasteiger partial charge < -0.3 is 20.9 Å². The number of thiazole rings is 1. The second-order valence-electron chi connectivity index (χ2n) is 9.99. The molecule has 1 fully saturated rings. The Balaban J connectivity index is 0.00000177. The van der Waals surface area contributed by atoms with Crippen LogP contribution in [0.15, 0.2) is 40.6 Å². The summed E-state index contributed by atoms with van der Waals surface area (Å²) >= 11 is 1.14. The molecule has 242 valence electrons. The van der Waals surface area contributed by atoms with E-state index in [2.05, 4.69) is 30.1 Å². The van der Waals surface area contributed by atoms with Crippen LogP contribution in [0.5, 0.6) is 0 Å². The average molecular weight is 647 g/mol. The molecule has 3 aromatic rings. The smallest absolute Gasteiger partial charge is 0.319 e. The zero-order chi connectivity index (χ0) is 32.9. The highest BCUT2D eigenvalue weighted by atomic mass is 32.1. The van der Waals surface area contributed by atoms with Crippen LogP contribution in [0, 0.1) is 11.8 Å². The van der Waals surface area contributed by atoms with E-state index in [1.54, 1.807) is 14.0 Å². The summed E-state index contributed by atoms with van der Waals surface area (Å²) in [7, 11) is 2.86. The number of likely N-dealkylation sites (N-methyl/N-ethyl adjacent to an activating group) is 1. The molecule has 0 atom stereocenters. The minimum atomic E-state index is -0.928. The summed E-state index contributed by atoms with van der Waals surface area (Å²) in [4.78, 5) is 51.0. The number of halogens is 2. The van der Waals surface area contributed by atoms with Crippen molar-refractivity contribution in [3.05, 3.63) is 58.8 Å². The first-order valence-corrected chi connectivity index (χ1v) is 15.0. The third-order valence-corrected chi connectivity index (χ3v) is 7.34. The van der Waals surface area contributed by atoms with Crippen LogP contribution >= 0.6 is 11.3 Å². The Morgan fingerprint density at radius 3 is 2.62 bits per heavy atom.